The maximum Gasteiger partial charge on any atom is 0.125 e. The van der Waals surface area contributed by atoms with Crippen LogP contribution in [0.1, 0.15) is 11.3 Å². The van der Waals surface area contributed by atoms with Crippen molar-refractivity contribution in [2.24, 2.45) is 5.73 Å². The van der Waals surface area contributed by atoms with Gasteiger partial charge in [-0.25, -0.2) is 4.39 Å². The van der Waals surface area contributed by atoms with Gasteiger partial charge in [0, 0.05) is 37.3 Å². The summed E-state index contributed by atoms with van der Waals surface area (Å²) in [6, 6.07) is 4.97. The predicted octanol–water partition coefficient (Wildman–Crippen LogP) is 1.68. The molecule has 2 aromatic rings. The van der Waals surface area contributed by atoms with Gasteiger partial charge in [-0.1, -0.05) is 0 Å². The topological polar surface area (TPSA) is 34.2 Å². The maximum absolute atomic E-state index is 13.3. The Kier molecular flexibility index (Phi) is 2.42. The highest BCUT2D eigenvalue weighted by Gasteiger charge is 2.21. The van der Waals surface area contributed by atoms with Gasteiger partial charge in [0.2, 0.25) is 0 Å². The van der Waals surface area contributed by atoms with Crippen molar-refractivity contribution in [3.8, 4) is 0 Å². The third kappa shape index (κ3) is 1.56. The van der Waals surface area contributed by atoms with Gasteiger partial charge in [-0.2, -0.15) is 0 Å². The van der Waals surface area contributed by atoms with Crippen molar-refractivity contribution in [3.05, 3.63) is 35.3 Å². The third-order valence-corrected chi connectivity index (χ3v) is 3.58. The SMILES string of the molecule is CN1CCn2c(c(CN)c3ccc(F)cc32)C1. The van der Waals surface area contributed by atoms with Crippen molar-refractivity contribution < 1.29 is 4.39 Å². The molecule has 4 heteroatoms. The van der Waals surface area contributed by atoms with Crippen LogP contribution in [0.2, 0.25) is 0 Å². The van der Waals surface area contributed by atoms with Crippen LogP contribution >= 0.6 is 0 Å². The molecule has 0 amide bonds. The van der Waals surface area contributed by atoms with Crippen molar-refractivity contribution in [1.29, 1.82) is 0 Å². The molecule has 0 bridgehead atoms. The summed E-state index contributed by atoms with van der Waals surface area (Å²) < 4.78 is 15.6. The van der Waals surface area contributed by atoms with E-state index in [0.29, 0.717) is 6.54 Å². The molecule has 0 fully saturated rings. The lowest BCUT2D eigenvalue weighted by Gasteiger charge is -2.26. The van der Waals surface area contributed by atoms with Crippen LogP contribution in [0, 0.1) is 5.82 Å². The minimum absolute atomic E-state index is 0.180. The molecule has 0 unspecified atom stereocenters. The zero-order valence-electron chi connectivity index (χ0n) is 9.91. The van der Waals surface area contributed by atoms with E-state index in [2.05, 4.69) is 16.5 Å². The standard InChI is InChI=1S/C13H16FN3/c1-16-4-5-17-12-6-9(14)2-3-10(12)11(7-15)13(17)8-16/h2-3,6H,4-5,7-8,15H2,1H3. The monoisotopic (exact) mass is 233 g/mol. The van der Waals surface area contributed by atoms with Gasteiger partial charge < -0.3 is 10.3 Å². The van der Waals surface area contributed by atoms with Gasteiger partial charge in [0.25, 0.3) is 0 Å². The van der Waals surface area contributed by atoms with Crippen LogP contribution in [0.15, 0.2) is 18.2 Å². The van der Waals surface area contributed by atoms with Crippen molar-refractivity contribution in [2.45, 2.75) is 19.6 Å². The molecule has 0 saturated heterocycles. The molecule has 1 aliphatic rings. The van der Waals surface area contributed by atoms with Crippen LogP contribution < -0.4 is 5.73 Å². The highest BCUT2D eigenvalue weighted by Crippen LogP contribution is 2.29. The summed E-state index contributed by atoms with van der Waals surface area (Å²) in [6.45, 7) is 3.31. The number of hydrogen-bond donors (Lipinski definition) is 1. The van der Waals surface area contributed by atoms with Gasteiger partial charge in [0.05, 0.1) is 5.52 Å². The fourth-order valence-corrected chi connectivity index (χ4v) is 2.72. The lowest BCUT2D eigenvalue weighted by Crippen LogP contribution is -2.30. The normalized spacial score (nSPS) is 16.4. The molecule has 0 spiro atoms. The lowest BCUT2D eigenvalue weighted by atomic mass is 10.1. The van der Waals surface area contributed by atoms with E-state index in [-0.39, 0.29) is 5.82 Å². The summed E-state index contributed by atoms with van der Waals surface area (Å²) in [5.41, 5.74) is 9.22. The second kappa shape index (κ2) is 3.82. The zero-order chi connectivity index (χ0) is 12.0. The van der Waals surface area contributed by atoms with Gasteiger partial charge in [-0.3, -0.25) is 4.90 Å². The largest absolute Gasteiger partial charge is 0.342 e. The summed E-state index contributed by atoms with van der Waals surface area (Å²) in [7, 11) is 2.10. The smallest absolute Gasteiger partial charge is 0.125 e. The Bertz CT molecular complexity index is 574. The molecule has 0 saturated carbocycles. The Morgan fingerprint density at radius 3 is 2.94 bits per heavy atom. The summed E-state index contributed by atoms with van der Waals surface area (Å²) in [6.07, 6.45) is 0. The summed E-state index contributed by atoms with van der Waals surface area (Å²) in [5, 5.41) is 1.10. The maximum atomic E-state index is 13.3. The van der Waals surface area contributed by atoms with Crippen LogP contribution in [-0.4, -0.2) is 23.1 Å². The first-order valence-electron chi connectivity index (χ1n) is 5.89. The second-order valence-electron chi connectivity index (χ2n) is 4.68. The van der Waals surface area contributed by atoms with E-state index in [9.17, 15) is 4.39 Å². The number of hydrogen-bond acceptors (Lipinski definition) is 2. The van der Waals surface area contributed by atoms with E-state index >= 15 is 0 Å². The van der Waals surface area contributed by atoms with Crippen molar-refractivity contribution >= 4 is 10.9 Å². The Morgan fingerprint density at radius 2 is 2.18 bits per heavy atom. The molecule has 1 aromatic heterocycles. The number of nitrogens with zero attached hydrogens (tertiary/aromatic N) is 2. The van der Waals surface area contributed by atoms with Crippen molar-refractivity contribution in [2.75, 3.05) is 13.6 Å². The number of benzene rings is 1. The number of nitrogens with two attached hydrogens (primary N) is 1. The Labute approximate surface area is 99.6 Å². The first-order chi connectivity index (χ1) is 8.20. The van der Waals surface area contributed by atoms with Gasteiger partial charge in [0.1, 0.15) is 5.82 Å². The molecular formula is C13H16FN3. The van der Waals surface area contributed by atoms with Crippen molar-refractivity contribution in [3.63, 3.8) is 0 Å². The Balaban J connectivity index is 2.31. The zero-order valence-corrected chi connectivity index (χ0v) is 9.91. The number of rotatable bonds is 1. The molecule has 2 N–H and O–H groups in total. The molecule has 3 rings (SSSR count). The molecule has 1 aliphatic heterocycles. The predicted molar refractivity (Wildman–Crippen MR) is 66.1 cm³/mol. The average molecular weight is 233 g/mol. The molecular weight excluding hydrogens is 217 g/mol. The molecule has 0 radical (unpaired) electrons. The summed E-state index contributed by atoms with van der Waals surface area (Å²) in [4.78, 5) is 2.27. The van der Waals surface area contributed by atoms with E-state index in [1.54, 1.807) is 6.07 Å². The first kappa shape index (κ1) is 10.7. The van der Waals surface area contributed by atoms with E-state index in [4.69, 9.17) is 5.73 Å². The van der Waals surface area contributed by atoms with Gasteiger partial charge >= 0.3 is 0 Å². The molecule has 0 atom stereocenters. The minimum atomic E-state index is -0.180. The van der Waals surface area contributed by atoms with Gasteiger partial charge in [0.15, 0.2) is 0 Å². The summed E-state index contributed by atoms with van der Waals surface area (Å²) in [5.74, 6) is -0.180. The minimum Gasteiger partial charge on any atom is -0.342 e. The highest BCUT2D eigenvalue weighted by molar-refractivity contribution is 5.85. The van der Waals surface area contributed by atoms with E-state index in [1.165, 1.54) is 11.8 Å². The third-order valence-electron chi connectivity index (χ3n) is 3.58. The number of likely N-dealkylation sites (N-methyl/N-ethyl adjacent to an activating group) is 1. The van der Waals surface area contributed by atoms with Crippen LogP contribution in [-0.2, 0) is 19.6 Å². The van der Waals surface area contributed by atoms with Gasteiger partial charge in [-0.05, 0) is 30.8 Å². The second-order valence-corrected chi connectivity index (χ2v) is 4.68. The number of aromatic nitrogens is 1. The first-order valence-corrected chi connectivity index (χ1v) is 5.89. The van der Waals surface area contributed by atoms with Gasteiger partial charge in [-0.15, -0.1) is 0 Å². The van der Waals surface area contributed by atoms with E-state index in [0.717, 1.165) is 36.1 Å². The quantitative estimate of drug-likeness (QED) is 0.813. The molecule has 1 aromatic carbocycles. The lowest BCUT2D eigenvalue weighted by molar-refractivity contribution is 0.271. The molecule has 90 valence electrons. The van der Waals surface area contributed by atoms with E-state index in [1.807, 2.05) is 6.07 Å². The Morgan fingerprint density at radius 1 is 1.35 bits per heavy atom. The fraction of sp³-hybridized carbons (Fsp3) is 0.385. The number of fused-ring (bicyclic) bond motifs is 3. The molecule has 17 heavy (non-hydrogen) atoms. The molecule has 2 heterocycles. The van der Waals surface area contributed by atoms with Crippen LogP contribution in [0.3, 0.4) is 0 Å². The molecule has 3 nitrogen and oxygen atoms in total. The fourth-order valence-electron chi connectivity index (χ4n) is 2.72. The number of halogens is 1. The average Bonchev–Trinajstić information content (AvgIpc) is 2.61. The molecule has 0 aliphatic carbocycles. The van der Waals surface area contributed by atoms with E-state index < -0.39 is 0 Å². The summed E-state index contributed by atoms with van der Waals surface area (Å²) >= 11 is 0. The van der Waals surface area contributed by atoms with Crippen LogP contribution in [0.25, 0.3) is 10.9 Å². The van der Waals surface area contributed by atoms with Crippen molar-refractivity contribution in [1.82, 2.24) is 9.47 Å². The Hall–Kier alpha value is -1.39. The van der Waals surface area contributed by atoms with Crippen LogP contribution in [0.4, 0.5) is 4.39 Å². The highest BCUT2D eigenvalue weighted by atomic mass is 19.1. The van der Waals surface area contributed by atoms with Crippen LogP contribution in [0.5, 0.6) is 0 Å².